The van der Waals surface area contributed by atoms with Crippen molar-refractivity contribution in [3.8, 4) is 17.2 Å². The number of phenols is 1. The van der Waals surface area contributed by atoms with Gasteiger partial charge in [-0.1, -0.05) is 80.5 Å². The van der Waals surface area contributed by atoms with Crippen LogP contribution in [0.5, 0.6) is 17.2 Å². The van der Waals surface area contributed by atoms with Crippen LogP contribution in [0.3, 0.4) is 0 Å². The van der Waals surface area contributed by atoms with Gasteiger partial charge in [0.15, 0.2) is 0 Å². The van der Waals surface area contributed by atoms with Crippen LogP contribution in [0.15, 0.2) is 104 Å². The molecule has 0 unspecified atom stereocenters. The van der Waals surface area contributed by atoms with Crippen LogP contribution in [0.4, 0.5) is 0 Å². The quantitative estimate of drug-likeness (QED) is 0.231. The van der Waals surface area contributed by atoms with E-state index >= 15 is 0 Å². The van der Waals surface area contributed by atoms with E-state index in [1.54, 1.807) is 23.9 Å². The van der Waals surface area contributed by atoms with E-state index in [0.29, 0.717) is 0 Å². The first-order valence-corrected chi connectivity index (χ1v) is 14.2. The number of benzene rings is 4. The molecule has 0 aliphatic carbocycles. The minimum Gasteiger partial charge on any atom is -0.508 e. The number of phenolic OH excluding ortho intramolecular Hbond substituents is 1. The van der Waals surface area contributed by atoms with Crippen LogP contribution in [0, 0.1) is 0 Å². The molecule has 0 radical (unpaired) electrons. The second kappa shape index (κ2) is 10.6. The molecule has 0 aliphatic heterocycles. The van der Waals surface area contributed by atoms with E-state index in [1.807, 2.05) is 42.5 Å². The summed E-state index contributed by atoms with van der Waals surface area (Å²) in [7, 11) is 0. The molecule has 0 spiro atoms. The summed E-state index contributed by atoms with van der Waals surface area (Å²) in [5.41, 5.74) is 3.68. The maximum atomic E-state index is 9.46. The number of ether oxygens (including phenoxy) is 1. The van der Waals surface area contributed by atoms with Gasteiger partial charge >= 0.3 is 0 Å². The molecule has 4 aromatic carbocycles. The minimum atomic E-state index is -0.174. The predicted molar refractivity (Wildman–Crippen MR) is 158 cm³/mol. The summed E-state index contributed by atoms with van der Waals surface area (Å²) < 4.78 is 8.24. The Morgan fingerprint density at radius 2 is 1.19 bits per heavy atom. The van der Waals surface area contributed by atoms with Gasteiger partial charge in [-0.2, -0.15) is 0 Å². The Balaban J connectivity index is 1.49. The molecule has 0 bridgehead atoms. The molecule has 0 aliphatic rings. The smallest absolute Gasteiger partial charge is 0.141 e. The Labute approximate surface area is 235 Å². The highest BCUT2D eigenvalue weighted by Crippen LogP contribution is 2.40. The normalized spacial score (nSPS) is 12.0. The Morgan fingerprint density at radius 1 is 0.667 bits per heavy atom. The second-order valence-electron chi connectivity index (χ2n) is 10.4. The van der Waals surface area contributed by atoms with E-state index in [-0.39, 0.29) is 16.6 Å². The second-order valence-corrected chi connectivity index (χ2v) is 13.2. The summed E-state index contributed by atoms with van der Waals surface area (Å²) in [5.74, 6) is 1.83. The molecule has 186 valence electrons. The summed E-state index contributed by atoms with van der Waals surface area (Å²) in [4.78, 5) is 2.18. The van der Waals surface area contributed by atoms with Crippen molar-refractivity contribution >= 4 is 43.6 Å². The molecule has 4 rings (SSSR count). The Bertz CT molecular complexity index is 1360. The molecule has 0 amide bonds. The van der Waals surface area contributed by atoms with Gasteiger partial charge in [-0.15, -0.1) is 0 Å². The lowest BCUT2D eigenvalue weighted by molar-refractivity contribution is 0.475. The number of hydrogen-bond donors (Lipinski definition) is 1. The molecule has 4 aromatic rings. The van der Waals surface area contributed by atoms with Crippen molar-refractivity contribution in [3.05, 3.63) is 111 Å². The lowest BCUT2D eigenvalue weighted by Crippen LogP contribution is -2.20. The number of aromatic hydroxyl groups is 1. The zero-order valence-electron chi connectivity index (χ0n) is 21.1. The SMILES string of the molecule is CC(C)(C)c1ccc(C(C)(C)c2ccc(Oc3ccc(Sc4ccc(O)cc4)cc3)c(Br)c2)cc1Br. The highest BCUT2D eigenvalue weighted by molar-refractivity contribution is 9.10. The van der Waals surface area contributed by atoms with E-state index in [2.05, 4.69) is 96.8 Å². The fourth-order valence-corrected chi connectivity index (χ4v) is 6.25. The summed E-state index contributed by atoms with van der Waals surface area (Å²) >= 11 is 9.16. The van der Waals surface area contributed by atoms with Crippen LogP contribution in [-0.2, 0) is 10.8 Å². The van der Waals surface area contributed by atoms with E-state index in [0.717, 1.165) is 30.2 Å². The maximum absolute atomic E-state index is 9.46. The molecule has 0 heterocycles. The molecule has 0 aromatic heterocycles. The highest BCUT2D eigenvalue weighted by Gasteiger charge is 2.26. The number of hydrogen-bond acceptors (Lipinski definition) is 3. The molecule has 0 atom stereocenters. The first kappa shape index (κ1) is 26.8. The molecule has 0 saturated heterocycles. The van der Waals surface area contributed by atoms with Gasteiger partial charge in [-0.3, -0.25) is 0 Å². The van der Waals surface area contributed by atoms with E-state index < -0.39 is 0 Å². The van der Waals surface area contributed by atoms with Crippen LogP contribution in [0.1, 0.15) is 51.3 Å². The van der Waals surface area contributed by atoms with Crippen LogP contribution < -0.4 is 4.74 Å². The molecule has 0 fully saturated rings. The zero-order valence-corrected chi connectivity index (χ0v) is 25.1. The molecular formula is C31H30Br2O2S. The van der Waals surface area contributed by atoms with Gasteiger partial charge in [0.05, 0.1) is 4.47 Å². The summed E-state index contributed by atoms with van der Waals surface area (Å²) in [6.07, 6.45) is 0. The lowest BCUT2D eigenvalue weighted by atomic mass is 9.76. The Morgan fingerprint density at radius 3 is 1.72 bits per heavy atom. The van der Waals surface area contributed by atoms with Gasteiger partial charge in [0.25, 0.3) is 0 Å². The van der Waals surface area contributed by atoms with Crippen LogP contribution in [0.2, 0.25) is 0 Å². The van der Waals surface area contributed by atoms with Crippen molar-refractivity contribution in [2.75, 3.05) is 0 Å². The molecular weight excluding hydrogens is 596 g/mol. The van der Waals surface area contributed by atoms with E-state index in [1.165, 1.54) is 16.7 Å². The molecule has 5 heteroatoms. The predicted octanol–water partition coefficient (Wildman–Crippen LogP) is 10.5. The van der Waals surface area contributed by atoms with Gasteiger partial charge in [0.2, 0.25) is 0 Å². The van der Waals surface area contributed by atoms with Crippen molar-refractivity contribution in [1.29, 1.82) is 0 Å². The van der Waals surface area contributed by atoms with Crippen LogP contribution in [-0.4, -0.2) is 5.11 Å². The van der Waals surface area contributed by atoms with Crippen molar-refractivity contribution in [2.24, 2.45) is 0 Å². The minimum absolute atomic E-state index is 0.0892. The molecule has 36 heavy (non-hydrogen) atoms. The first-order valence-electron chi connectivity index (χ1n) is 11.8. The highest BCUT2D eigenvalue weighted by atomic mass is 79.9. The largest absolute Gasteiger partial charge is 0.508 e. The third-order valence-corrected chi connectivity index (χ3v) is 8.57. The molecule has 1 N–H and O–H groups in total. The molecule has 0 saturated carbocycles. The standard InChI is InChI=1S/C31H30Br2O2S/c1-30(2,3)26-16-6-20(18-27(26)32)31(4,5)21-7-17-29(28(33)19-21)35-23-10-14-25(15-11-23)36-24-12-8-22(34)9-13-24/h6-19,34H,1-5H3. The van der Waals surface area contributed by atoms with E-state index in [4.69, 9.17) is 4.74 Å². The van der Waals surface area contributed by atoms with Crippen molar-refractivity contribution in [2.45, 2.75) is 55.2 Å². The van der Waals surface area contributed by atoms with Crippen LogP contribution in [0.25, 0.3) is 0 Å². The zero-order chi connectivity index (χ0) is 26.1. The maximum Gasteiger partial charge on any atom is 0.141 e. The third-order valence-electron chi connectivity index (χ3n) is 6.28. The fraction of sp³-hybridized carbons (Fsp3) is 0.226. The van der Waals surface area contributed by atoms with Crippen LogP contribution >= 0.6 is 43.6 Å². The topological polar surface area (TPSA) is 29.5 Å². The summed E-state index contributed by atoms with van der Waals surface area (Å²) in [6, 6.07) is 28.3. The fourth-order valence-electron chi connectivity index (χ4n) is 4.00. The van der Waals surface area contributed by atoms with Crippen molar-refractivity contribution in [1.82, 2.24) is 0 Å². The lowest BCUT2D eigenvalue weighted by Gasteiger charge is -2.29. The Hall–Kier alpha value is -2.21. The van der Waals surface area contributed by atoms with Crippen molar-refractivity contribution < 1.29 is 9.84 Å². The molecule has 2 nitrogen and oxygen atoms in total. The van der Waals surface area contributed by atoms with E-state index in [9.17, 15) is 5.11 Å². The first-order chi connectivity index (χ1) is 16.9. The van der Waals surface area contributed by atoms with Crippen molar-refractivity contribution in [3.63, 3.8) is 0 Å². The van der Waals surface area contributed by atoms with Gasteiger partial charge in [0.1, 0.15) is 17.2 Å². The number of halogens is 2. The van der Waals surface area contributed by atoms with Gasteiger partial charge in [-0.05, 0) is 105 Å². The third kappa shape index (κ3) is 6.19. The van der Waals surface area contributed by atoms with Gasteiger partial charge < -0.3 is 9.84 Å². The summed E-state index contributed by atoms with van der Waals surface area (Å²) in [6.45, 7) is 11.2. The number of rotatable bonds is 6. The Kier molecular flexibility index (Phi) is 7.94. The van der Waals surface area contributed by atoms with Gasteiger partial charge in [0, 0.05) is 19.7 Å². The monoisotopic (exact) mass is 624 g/mol. The average Bonchev–Trinajstić information content (AvgIpc) is 2.82. The summed E-state index contributed by atoms with van der Waals surface area (Å²) in [5, 5.41) is 9.46. The average molecular weight is 626 g/mol. The van der Waals surface area contributed by atoms with Gasteiger partial charge in [-0.25, -0.2) is 0 Å².